The summed E-state index contributed by atoms with van der Waals surface area (Å²) in [6, 6.07) is 29.5. The second-order valence-corrected chi connectivity index (χ2v) is 15.7. The standard InChI is InChI=1S/C46H48N8O6/c1-27(2)39(52-46(59)60-3)43(55)54-24-8-12-38(54)42-48-34-22-21-33(25-35(34)49-42)30-15-13-28(14-16-30)29-17-19-31(20-18-29)36-26-47-41(50-36)37-11-7-23-53(37)44(56)40(51-45(57)58)32-9-5-4-6-10-32/h4-6,9-10,13-22,25-27,37-40,51H,7-8,11-12,23-24H2,1-3H3,(H,47,50)(H,48,49)(H,52,59)(H,57,58)/t37-,38-,39?,40?/m0/s1. The topological polar surface area (TPSA) is 186 Å². The Morgan fingerprint density at radius 2 is 1.32 bits per heavy atom. The monoisotopic (exact) mass is 808 g/mol. The fraction of sp³-hybridized carbons (Fsp3) is 0.304. The lowest BCUT2D eigenvalue weighted by atomic mass is 9.99. The third-order valence-electron chi connectivity index (χ3n) is 11.6. The predicted molar refractivity (Wildman–Crippen MR) is 226 cm³/mol. The van der Waals surface area contributed by atoms with Crippen LogP contribution in [0.3, 0.4) is 0 Å². The molecule has 4 aromatic carbocycles. The maximum absolute atomic E-state index is 13.7. The second-order valence-electron chi connectivity index (χ2n) is 15.7. The molecule has 2 fully saturated rings. The minimum Gasteiger partial charge on any atom is -0.465 e. The average Bonchev–Trinajstić information content (AvgIpc) is 4.11. The number of likely N-dealkylation sites (tertiary alicyclic amines) is 2. The summed E-state index contributed by atoms with van der Waals surface area (Å²) in [5, 5.41) is 14.6. The minimum absolute atomic E-state index is 0.111. The molecule has 4 atom stereocenters. The summed E-state index contributed by atoms with van der Waals surface area (Å²) in [4.78, 5) is 71.0. The molecule has 8 rings (SSSR count). The van der Waals surface area contributed by atoms with E-state index in [1.165, 1.54) is 7.11 Å². The lowest BCUT2D eigenvalue weighted by molar-refractivity contribution is -0.135. The van der Waals surface area contributed by atoms with Crippen LogP contribution in [0.5, 0.6) is 0 Å². The molecule has 0 bridgehead atoms. The van der Waals surface area contributed by atoms with Gasteiger partial charge in [0.25, 0.3) is 5.91 Å². The van der Waals surface area contributed by atoms with Gasteiger partial charge in [-0.1, -0.05) is 98.8 Å². The minimum atomic E-state index is -1.26. The zero-order chi connectivity index (χ0) is 41.9. The molecular weight excluding hydrogens is 761 g/mol. The van der Waals surface area contributed by atoms with E-state index in [1.54, 1.807) is 35.4 Å². The van der Waals surface area contributed by atoms with Crippen LogP contribution < -0.4 is 10.6 Å². The van der Waals surface area contributed by atoms with Gasteiger partial charge >= 0.3 is 12.2 Å². The molecular formula is C46H48N8O6. The van der Waals surface area contributed by atoms with Crippen LogP contribution in [0.25, 0.3) is 44.5 Å². The molecule has 2 aliphatic rings. The number of alkyl carbamates (subject to hydrolysis) is 1. The molecule has 0 aliphatic carbocycles. The van der Waals surface area contributed by atoms with E-state index < -0.39 is 24.3 Å². The number of aromatic amines is 2. The molecule has 2 unspecified atom stereocenters. The van der Waals surface area contributed by atoms with Gasteiger partial charge in [-0.05, 0) is 77.1 Å². The lowest BCUT2D eigenvalue weighted by Crippen LogP contribution is -2.51. The molecule has 0 radical (unpaired) electrons. The Hall–Kier alpha value is -6.96. The lowest BCUT2D eigenvalue weighted by Gasteiger charge is -2.29. The first kappa shape index (κ1) is 39.8. The molecule has 2 aliphatic heterocycles. The van der Waals surface area contributed by atoms with Gasteiger partial charge in [0.05, 0.1) is 42.1 Å². The molecule has 2 saturated heterocycles. The number of rotatable bonds is 11. The fourth-order valence-corrected chi connectivity index (χ4v) is 8.45. The van der Waals surface area contributed by atoms with Gasteiger partial charge in [0.15, 0.2) is 0 Å². The van der Waals surface area contributed by atoms with Crippen molar-refractivity contribution in [1.82, 2.24) is 40.4 Å². The van der Waals surface area contributed by atoms with Gasteiger partial charge in [-0.15, -0.1) is 0 Å². The van der Waals surface area contributed by atoms with Crippen LogP contribution in [-0.4, -0.2) is 85.1 Å². The summed E-state index contributed by atoms with van der Waals surface area (Å²) < 4.78 is 4.77. The van der Waals surface area contributed by atoms with E-state index in [2.05, 4.69) is 74.1 Å². The fourth-order valence-electron chi connectivity index (χ4n) is 8.45. The Bertz CT molecular complexity index is 2500. The normalized spacial score (nSPS) is 17.5. The van der Waals surface area contributed by atoms with E-state index in [1.807, 2.05) is 43.0 Å². The average molecular weight is 809 g/mol. The van der Waals surface area contributed by atoms with E-state index in [-0.39, 0.29) is 29.8 Å². The first-order valence-electron chi connectivity index (χ1n) is 20.3. The number of ether oxygens (including phenoxy) is 1. The van der Waals surface area contributed by atoms with Crippen molar-refractivity contribution in [2.24, 2.45) is 5.92 Å². The Labute approximate surface area is 347 Å². The molecule has 14 nitrogen and oxygen atoms in total. The zero-order valence-electron chi connectivity index (χ0n) is 33.7. The number of carbonyl (C=O) groups is 4. The van der Waals surface area contributed by atoms with Crippen molar-refractivity contribution in [3.63, 3.8) is 0 Å². The Morgan fingerprint density at radius 1 is 0.733 bits per heavy atom. The van der Waals surface area contributed by atoms with Crippen LogP contribution in [0.1, 0.15) is 74.9 Å². The number of carbonyl (C=O) groups excluding carboxylic acids is 3. The van der Waals surface area contributed by atoms with E-state index in [0.29, 0.717) is 24.5 Å². The maximum Gasteiger partial charge on any atom is 0.407 e. The second kappa shape index (κ2) is 17.1. The van der Waals surface area contributed by atoms with Crippen molar-refractivity contribution >= 4 is 35.0 Å². The Morgan fingerprint density at radius 3 is 1.93 bits per heavy atom. The van der Waals surface area contributed by atoms with E-state index >= 15 is 0 Å². The van der Waals surface area contributed by atoms with Crippen LogP contribution in [0.15, 0.2) is 103 Å². The maximum atomic E-state index is 13.7. The van der Waals surface area contributed by atoms with Gasteiger partial charge in [-0.3, -0.25) is 9.59 Å². The molecule has 6 aromatic rings. The molecule has 2 aromatic heterocycles. The van der Waals surface area contributed by atoms with Crippen LogP contribution in [-0.2, 0) is 14.3 Å². The summed E-state index contributed by atoms with van der Waals surface area (Å²) in [5.74, 6) is 0.848. The molecule has 14 heteroatoms. The van der Waals surface area contributed by atoms with Gasteiger partial charge in [-0.2, -0.15) is 0 Å². The number of nitrogens with one attached hydrogen (secondary N) is 4. The summed E-state index contributed by atoms with van der Waals surface area (Å²) in [5.41, 5.74) is 8.29. The number of hydrogen-bond donors (Lipinski definition) is 5. The quantitative estimate of drug-likeness (QED) is 0.0872. The van der Waals surface area contributed by atoms with Crippen LogP contribution in [0.4, 0.5) is 9.59 Å². The Kier molecular flexibility index (Phi) is 11.4. The van der Waals surface area contributed by atoms with E-state index in [4.69, 9.17) is 9.72 Å². The van der Waals surface area contributed by atoms with E-state index in [0.717, 1.165) is 76.1 Å². The first-order chi connectivity index (χ1) is 29.1. The van der Waals surface area contributed by atoms with Crippen molar-refractivity contribution in [2.75, 3.05) is 20.2 Å². The number of carboxylic acid groups (broad SMARTS) is 1. The Balaban J connectivity index is 0.936. The summed E-state index contributed by atoms with van der Waals surface area (Å²) in [6.45, 7) is 4.91. The molecule has 60 heavy (non-hydrogen) atoms. The van der Waals surface area contributed by atoms with Gasteiger partial charge in [0, 0.05) is 13.1 Å². The van der Waals surface area contributed by atoms with Crippen LogP contribution in [0, 0.1) is 5.92 Å². The number of nitrogens with zero attached hydrogens (tertiary/aromatic N) is 4. The highest BCUT2D eigenvalue weighted by Crippen LogP contribution is 2.36. The molecule has 5 N–H and O–H groups in total. The largest absolute Gasteiger partial charge is 0.465 e. The first-order valence-corrected chi connectivity index (χ1v) is 20.3. The number of benzene rings is 4. The smallest absolute Gasteiger partial charge is 0.407 e. The molecule has 0 spiro atoms. The van der Waals surface area contributed by atoms with Crippen molar-refractivity contribution in [3.05, 3.63) is 120 Å². The predicted octanol–water partition coefficient (Wildman–Crippen LogP) is 8.00. The van der Waals surface area contributed by atoms with Gasteiger partial charge < -0.3 is 40.2 Å². The highest BCUT2D eigenvalue weighted by Gasteiger charge is 2.38. The number of aromatic nitrogens is 4. The molecule has 4 amide bonds. The molecule has 4 heterocycles. The molecule has 308 valence electrons. The van der Waals surface area contributed by atoms with Crippen LogP contribution in [0.2, 0.25) is 0 Å². The number of amides is 4. The van der Waals surface area contributed by atoms with Crippen molar-refractivity contribution < 1.29 is 29.0 Å². The van der Waals surface area contributed by atoms with Gasteiger partial charge in [0.1, 0.15) is 23.7 Å². The van der Waals surface area contributed by atoms with Crippen LogP contribution >= 0.6 is 0 Å². The van der Waals surface area contributed by atoms with Gasteiger partial charge in [-0.25, -0.2) is 19.6 Å². The number of imidazole rings is 2. The SMILES string of the molecule is COC(=O)NC(C(=O)N1CCC[C@H]1c1nc2ccc(-c3ccc(-c4ccc(-c5cnc([C@@H]6CCCN6C(=O)C(NC(=O)O)c6ccccc6)[nH]5)cc4)cc3)cc2[nH]1)C(C)C. The summed E-state index contributed by atoms with van der Waals surface area (Å²) in [7, 11) is 1.29. The van der Waals surface area contributed by atoms with Crippen molar-refractivity contribution in [3.8, 4) is 33.5 Å². The van der Waals surface area contributed by atoms with Crippen molar-refractivity contribution in [2.45, 2.75) is 63.7 Å². The highest BCUT2D eigenvalue weighted by molar-refractivity contribution is 5.88. The number of H-pyrrole nitrogens is 2. The zero-order valence-corrected chi connectivity index (χ0v) is 33.7. The van der Waals surface area contributed by atoms with Gasteiger partial charge in [0.2, 0.25) is 5.91 Å². The number of methoxy groups -OCH3 is 1. The number of fused-ring (bicyclic) bond motifs is 1. The molecule has 0 saturated carbocycles. The third kappa shape index (κ3) is 8.17. The summed E-state index contributed by atoms with van der Waals surface area (Å²) >= 11 is 0. The van der Waals surface area contributed by atoms with E-state index in [9.17, 15) is 24.3 Å². The third-order valence-corrected chi connectivity index (χ3v) is 11.6. The summed E-state index contributed by atoms with van der Waals surface area (Å²) in [6.07, 6.45) is 3.02. The highest BCUT2D eigenvalue weighted by atomic mass is 16.5. The van der Waals surface area contributed by atoms with Crippen molar-refractivity contribution in [1.29, 1.82) is 0 Å². The number of hydrogen-bond acceptors (Lipinski definition) is 7.